The molecule has 0 aromatic carbocycles. The van der Waals surface area contributed by atoms with Crippen molar-refractivity contribution in [3.8, 4) is 10.6 Å². The predicted octanol–water partition coefficient (Wildman–Crippen LogP) is 3.80. The molecule has 6 heterocycles. The van der Waals surface area contributed by atoms with E-state index in [9.17, 15) is 26.7 Å². The molecular weight excluding hydrogens is 593 g/mol. The second kappa shape index (κ2) is 10.4. The van der Waals surface area contributed by atoms with Gasteiger partial charge in [0.15, 0.2) is 9.84 Å². The van der Waals surface area contributed by atoms with Gasteiger partial charge in [-0.25, -0.2) is 23.4 Å². The van der Waals surface area contributed by atoms with E-state index >= 15 is 0 Å². The Labute approximate surface area is 244 Å². The number of likely N-dealkylation sites (tertiary alicyclic amines) is 1. The number of aliphatic hydroxyl groups excluding tert-OH is 1. The highest BCUT2D eigenvalue weighted by atomic mass is 32.2. The molecule has 3 aliphatic heterocycles. The number of hydrogen-bond donors (Lipinski definition) is 2. The van der Waals surface area contributed by atoms with E-state index in [4.69, 9.17) is 9.72 Å². The van der Waals surface area contributed by atoms with E-state index < -0.39 is 21.6 Å². The Morgan fingerprint density at radius 2 is 2.00 bits per heavy atom. The molecule has 3 fully saturated rings. The van der Waals surface area contributed by atoms with Crippen molar-refractivity contribution in [1.29, 1.82) is 0 Å². The molecule has 2 bridgehead atoms. The summed E-state index contributed by atoms with van der Waals surface area (Å²) in [6, 6.07) is 5.78. The van der Waals surface area contributed by atoms with Crippen molar-refractivity contribution in [2.75, 3.05) is 48.8 Å². The van der Waals surface area contributed by atoms with Gasteiger partial charge in [0, 0.05) is 48.7 Å². The molecule has 0 amide bonds. The minimum absolute atomic E-state index is 0.00727. The van der Waals surface area contributed by atoms with Crippen LogP contribution in [0.25, 0.3) is 10.6 Å². The molecule has 2 atom stereocenters. The summed E-state index contributed by atoms with van der Waals surface area (Å²) in [6.07, 6.45) is -1.04. The minimum Gasteiger partial charge on any atom is -0.395 e. The maximum absolute atomic E-state index is 14.0. The smallest absolute Gasteiger partial charge is 0.395 e. The number of fused-ring (bicyclic) bond motifs is 3. The average molecular weight is 623 g/mol. The number of ether oxygens (including phenoxy) is 1. The van der Waals surface area contributed by atoms with Gasteiger partial charge in [-0.15, -0.1) is 11.3 Å². The summed E-state index contributed by atoms with van der Waals surface area (Å²) in [5.41, 5.74) is 0.0409. The molecular formula is C27H29F3N6O4S2. The number of thiophene rings is 1. The van der Waals surface area contributed by atoms with Crippen LogP contribution in [-0.2, 0) is 27.4 Å². The lowest BCUT2D eigenvalue weighted by atomic mass is 10.2. The van der Waals surface area contributed by atoms with Crippen molar-refractivity contribution in [3.63, 3.8) is 0 Å². The SMILES string of the molecule is O=S1(=O)CCOCc2sc(-c3nc(Nc4ccc(N5C[C@H]6C[C@@H]5CN6CCO)nc4C4CC4)ncc3C(F)(F)F)cc21. The molecule has 2 saturated heterocycles. The van der Waals surface area contributed by atoms with Crippen LogP contribution in [0.1, 0.15) is 41.3 Å². The molecule has 2 N–H and O–H groups in total. The topological polar surface area (TPSA) is 121 Å². The summed E-state index contributed by atoms with van der Waals surface area (Å²) in [6.45, 7) is 2.58. The summed E-state index contributed by atoms with van der Waals surface area (Å²) in [5.74, 6) is 0.851. The van der Waals surface area contributed by atoms with Gasteiger partial charge in [-0.1, -0.05) is 0 Å². The number of piperazine rings is 1. The lowest BCUT2D eigenvalue weighted by Gasteiger charge is -2.34. The summed E-state index contributed by atoms with van der Waals surface area (Å²) in [4.78, 5) is 18.3. The molecule has 15 heteroatoms. The Kier molecular flexibility index (Phi) is 6.92. The molecule has 42 heavy (non-hydrogen) atoms. The van der Waals surface area contributed by atoms with Crippen LogP contribution in [-0.4, -0.2) is 84.1 Å². The first-order valence-corrected chi connectivity index (χ1v) is 16.3. The van der Waals surface area contributed by atoms with Crippen LogP contribution in [0.3, 0.4) is 0 Å². The highest BCUT2D eigenvalue weighted by molar-refractivity contribution is 7.91. The van der Waals surface area contributed by atoms with E-state index in [1.165, 1.54) is 6.07 Å². The average Bonchev–Trinajstić information content (AvgIpc) is 3.43. The highest BCUT2D eigenvalue weighted by Gasteiger charge is 2.44. The Balaban J connectivity index is 1.20. The lowest BCUT2D eigenvalue weighted by molar-refractivity contribution is -0.137. The number of halogens is 3. The van der Waals surface area contributed by atoms with Crippen LogP contribution in [0.15, 0.2) is 29.3 Å². The van der Waals surface area contributed by atoms with E-state index in [0.29, 0.717) is 29.2 Å². The lowest BCUT2D eigenvalue weighted by Crippen LogP contribution is -2.47. The fourth-order valence-corrected chi connectivity index (χ4v) is 8.96. The molecule has 3 aromatic heterocycles. The van der Waals surface area contributed by atoms with E-state index in [2.05, 4.69) is 25.1 Å². The van der Waals surface area contributed by atoms with Crippen molar-refractivity contribution in [2.24, 2.45) is 0 Å². The molecule has 7 rings (SSSR count). The van der Waals surface area contributed by atoms with Crippen LogP contribution in [0.2, 0.25) is 0 Å². The number of sulfone groups is 1. The Hall–Kier alpha value is -2.85. The van der Waals surface area contributed by atoms with Gasteiger partial charge in [0.2, 0.25) is 5.95 Å². The number of β-amino-alcohol motifs (C(OH)–C–C–N with tert-alkyl or cyclic N) is 1. The molecule has 4 aliphatic rings. The number of nitrogens with one attached hydrogen (secondary N) is 1. The van der Waals surface area contributed by atoms with Gasteiger partial charge in [-0.05, 0) is 37.5 Å². The number of pyridine rings is 1. The molecule has 224 valence electrons. The first-order chi connectivity index (χ1) is 20.1. The second-order valence-electron chi connectivity index (χ2n) is 11.1. The Bertz CT molecular complexity index is 1630. The Morgan fingerprint density at radius 3 is 2.71 bits per heavy atom. The van der Waals surface area contributed by atoms with Gasteiger partial charge in [0.25, 0.3) is 0 Å². The largest absolute Gasteiger partial charge is 0.420 e. The van der Waals surface area contributed by atoms with Crippen molar-refractivity contribution in [1.82, 2.24) is 19.9 Å². The number of hydrogen-bond acceptors (Lipinski definition) is 11. The normalized spacial score (nSPS) is 23.7. The zero-order valence-electron chi connectivity index (χ0n) is 22.5. The summed E-state index contributed by atoms with van der Waals surface area (Å²) >= 11 is 0.935. The van der Waals surface area contributed by atoms with Crippen LogP contribution in [0.5, 0.6) is 0 Å². The van der Waals surface area contributed by atoms with Gasteiger partial charge >= 0.3 is 6.18 Å². The van der Waals surface area contributed by atoms with E-state index in [-0.39, 0.29) is 52.9 Å². The van der Waals surface area contributed by atoms with Gasteiger partial charge in [-0.3, -0.25) is 4.90 Å². The number of rotatable bonds is 7. The first-order valence-electron chi connectivity index (χ1n) is 13.9. The maximum atomic E-state index is 14.0. The third kappa shape index (κ3) is 5.14. The standard InChI is InChI=1S/C27H29F3N6O4S2/c28-27(29,30)18-11-31-26(34-25(18)20-10-22-21(41-20)14-40-7-8-42(22,38)39)32-19-3-4-23(33-24(19)15-1-2-15)36-13-16-9-17(36)12-35(16)5-6-37/h3-4,10-11,15-17,37H,1-2,5-9,12-14H2,(H,31,32,34)/t16-,17-/m1/s1. The van der Waals surface area contributed by atoms with Crippen molar-refractivity contribution in [3.05, 3.63) is 40.5 Å². The highest BCUT2D eigenvalue weighted by Crippen LogP contribution is 2.45. The molecule has 1 aliphatic carbocycles. The molecule has 1 saturated carbocycles. The number of anilines is 3. The van der Waals surface area contributed by atoms with Gasteiger partial charge in [0.05, 0.1) is 52.4 Å². The number of aliphatic hydroxyl groups is 1. The van der Waals surface area contributed by atoms with Crippen LogP contribution >= 0.6 is 11.3 Å². The second-order valence-corrected chi connectivity index (χ2v) is 14.4. The van der Waals surface area contributed by atoms with E-state index in [1.807, 2.05) is 12.1 Å². The van der Waals surface area contributed by atoms with Crippen LogP contribution in [0, 0.1) is 0 Å². The fourth-order valence-electron chi connectivity index (χ4n) is 6.12. The molecule has 10 nitrogen and oxygen atoms in total. The third-order valence-electron chi connectivity index (χ3n) is 8.32. The van der Waals surface area contributed by atoms with Crippen molar-refractivity contribution < 1.29 is 31.4 Å². The predicted molar refractivity (Wildman–Crippen MR) is 150 cm³/mol. The van der Waals surface area contributed by atoms with Crippen LogP contribution < -0.4 is 10.2 Å². The zero-order valence-corrected chi connectivity index (χ0v) is 24.1. The molecule has 0 radical (unpaired) electrons. The minimum atomic E-state index is -4.74. The first kappa shape index (κ1) is 28.0. The monoisotopic (exact) mass is 622 g/mol. The molecule has 0 unspecified atom stereocenters. The van der Waals surface area contributed by atoms with E-state index in [0.717, 1.165) is 61.4 Å². The van der Waals surface area contributed by atoms with Crippen LogP contribution in [0.4, 0.5) is 30.6 Å². The van der Waals surface area contributed by atoms with Gasteiger partial charge in [0.1, 0.15) is 11.4 Å². The van der Waals surface area contributed by atoms with Crippen molar-refractivity contribution in [2.45, 2.75) is 54.9 Å². The molecule has 3 aromatic rings. The summed E-state index contributed by atoms with van der Waals surface area (Å²) in [5, 5.41) is 12.4. The number of nitrogens with zero attached hydrogens (tertiary/aromatic N) is 5. The quantitative estimate of drug-likeness (QED) is 0.403. The number of alkyl halides is 3. The third-order valence-corrected chi connectivity index (χ3v) is 11.3. The molecule has 0 spiro atoms. The zero-order chi connectivity index (χ0) is 29.2. The number of aromatic nitrogens is 3. The summed E-state index contributed by atoms with van der Waals surface area (Å²) < 4.78 is 72.8. The fraction of sp³-hybridized carbons (Fsp3) is 0.519. The van der Waals surface area contributed by atoms with Crippen molar-refractivity contribution >= 4 is 38.6 Å². The van der Waals surface area contributed by atoms with Gasteiger partial charge < -0.3 is 20.1 Å². The van der Waals surface area contributed by atoms with Gasteiger partial charge in [-0.2, -0.15) is 13.2 Å². The summed E-state index contributed by atoms with van der Waals surface area (Å²) in [7, 11) is -3.68. The van der Waals surface area contributed by atoms with E-state index in [1.54, 1.807) is 0 Å². The Morgan fingerprint density at radius 1 is 1.17 bits per heavy atom. The maximum Gasteiger partial charge on any atom is 0.420 e.